The Morgan fingerprint density at radius 2 is 1.45 bits per heavy atom. The minimum atomic E-state index is 0.633. The van der Waals surface area contributed by atoms with Gasteiger partial charge in [-0.1, -0.05) is 66.2 Å². The summed E-state index contributed by atoms with van der Waals surface area (Å²) in [5, 5.41) is 9.94. The van der Waals surface area contributed by atoms with Crippen LogP contribution in [0.1, 0.15) is 5.56 Å². The lowest BCUT2D eigenvalue weighted by atomic mass is 9.93. The number of nitrogens with zero attached hydrogens (tertiary/aromatic N) is 3. The van der Waals surface area contributed by atoms with Crippen LogP contribution in [0.15, 0.2) is 84.9 Å². The highest BCUT2D eigenvalue weighted by atomic mass is 35.5. The first kappa shape index (κ1) is 19.3. The second-order valence-electron chi connectivity index (χ2n) is 7.40. The summed E-state index contributed by atoms with van der Waals surface area (Å²) in [6.07, 6.45) is 0. The summed E-state index contributed by atoms with van der Waals surface area (Å²) >= 11 is 6.14. The second-order valence-corrected chi connectivity index (χ2v) is 7.84. The maximum absolute atomic E-state index is 6.14. The fourth-order valence-corrected chi connectivity index (χ4v) is 4.07. The van der Waals surface area contributed by atoms with Crippen molar-refractivity contribution in [3.05, 3.63) is 95.5 Å². The molecular formula is C26H20ClN3O. The van der Waals surface area contributed by atoms with Crippen LogP contribution >= 0.6 is 11.6 Å². The monoisotopic (exact) mass is 425 g/mol. The molecule has 4 nitrogen and oxygen atoms in total. The molecule has 1 heterocycles. The summed E-state index contributed by atoms with van der Waals surface area (Å²) in [5.41, 5.74) is 7.78. The van der Waals surface area contributed by atoms with Gasteiger partial charge in [-0.05, 0) is 59.5 Å². The molecule has 1 aromatic heterocycles. The van der Waals surface area contributed by atoms with E-state index in [4.69, 9.17) is 16.3 Å². The molecule has 5 rings (SSSR count). The molecule has 5 aromatic rings. The molecule has 152 valence electrons. The Bertz CT molecular complexity index is 1390. The molecule has 31 heavy (non-hydrogen) atoms. The molecule has 0 unspecified atom stereocenters. The van der Waals surface area contributed by atoms with E-state index in [1.807, 2.05) is 36.4 Å². The summed E-state index contributed by atoms with van der Waals surface area (Å²) in [4.78, 5) is 1.63. The molecule has 0 fully saturated rings. The summed E-state index contributed by atoms with van der Waals surface area (Å²) in [6.45, 7) is 2.07. The Balaban J connectivity index is 1.74. The van der Waals surface area contributed by atoms with E-state index in [2.05, 4.69) is 65.7 Å². The van der Waals surface area contributed by atoms with Gasteiger partial charge in [0.05, 0.1) is 7.11 Å². The Morgan fingerprint density at radius 3 is 2.23 bits per heavy atom. The Morgan fingerprint density at radius 1 is 0.742 bits per heavy atom. The molecule has 0 N–H and O–H groups in total. The predicted octanol–water partition coefficient (Wildman–Crippen LogP) is 6.72. The maximum Gasteiger partial charge on any atom is 0.154 e. The molecule has 4 aromatic carbocycles. The number of methoxy groups -OCH3 is 1. The van der Waals surface area contributed by atoms with E-state index in [1.165, 1.54) is 0 Å². The van der Waals surface area contributed by atoms with Gasteiger partial charge in [-0.15, -0.1) is 15.0 Å². The first-order chi connectivity index (χ1) is 15.1. The van der Waals surface area contributed by atoms with Crippen molar-refractivity contribution in [1.82, 2.24) is 15.0 Å². The third-order valence-electron chi connectivity index (χ3n) is 5.28. The van der Waals surface area contributed by atoms with Gasteiger partial charge in [0, 0.05) is 10.6 Å². The standard InChI is InChI=1S/C26H20ClN3O/c1-17-14-22(21-11-7-6-10-20(21)18-8-4-3-5-9-18)26(31-2)25(15-17)30-28-23-13-12-19(27)16-24(23)29-30/h3-16H,1-2H3. The van der Waals surface area contributed by atoms with Crippen molar-refractivity contribution in [3.63, 3.8) is 0 Å². The smallest absolute Gasteiger partial charge is 0.154 e. The number of aromatic nitrogens is 3. The maximum atomic E-state index is 6.14. The molecule has 0 atom stereocenters. The molecule has 0 bridgehead atoms. The van der Waals surface area contributed by atoms with Crippen LogP contribution in [0.3, 0.4) is 0 Å². The van der Waals surface area contributed by atoms with Crippen LogP contribution in [0.4, 0.5) is 0 Å². The third-order valence-corrected chi connectivity index (χ3v) is 5.51. The molecule has 0 amide bonds. The zero-order valence-corrected chi connectivity index (χ0v) is 18.0. The number of fused-ring (bicyclic) bond motifs is 1. The summed E-state index contributed by atoms with van der Waals surface area (Å²) in [6, 6.07) is 28.4. The minimum absolute atomic E-state index is 0.633. The van der Waals surface area contributed by atoms with Gasteiger partial charge in [0.15, 0.2) is 5.75 Å². The zero-order chi connectivity index (χ0) is 21.4. The van der Waals surface area contributed by atoms with Crippen molar-refractivity contribution < 1.29 is 4.74 Å². The van der Waals surface area contributed by atoms with E-state index in [1.54, 1.807) is 11.9 Å². The van der Waals surface area contributed by atoms with Crippen molar-refractivity contribution in [3.8, 4) is 33.7 Å². The van der Waals surface area contributed by atoms with Gasteiger partial charge in [-0.2, -0.15) is 0 Å². The van der Waals surface area contributed by atoms with Crippen molar-refractivity contribution >= 4 is 22.6 Å². The van der Waals surface area contributed by atoms with Crippen LogP contribution in [0.2, 0.25) is 5.02 Å². The topological polar surface area (TPSA) is 39.9 Å². The SMILES string of the molecule is COc1c(-c2ccccc2-c2ccccc2)cc(C)cc1-n1nc2ccc(Cl)cc2n1. The van der Waals surface area contributed by atoms with Gasteiger partial charge >= 0.3 is 0 Å². The van der Waals surface area contributed by atoms with E-state index in [9.17, 15) is 0 Å². The largest absolute Gasteiger partial charge is 0.494 e. The van der Waals surface area contributed by atoms with Crippen LogP contribution in [0.25, 0.3) is 39.0 Å². The van der Waals surface area contributed by atoms with E-state index < -0.39 is 0 Å². The number of halogens is 1. The molecular weight excluding hydrogens is 406 g/mol. The highest BCUT2D eigenvalue weighted by Crippen LogP contribution is 2.41. The fourth-order valence-electron chi connectivity index (χ4n) is 3.90. The second kappa shape index (κ2) is 7.89. The molecule has 0 aliphatic rings. The highest BCUT2D eigenvalue weighted by molar-refractivity contribution is 6.31. The summed E-state index contributed by atoms with van der Waals surface area (Å²) in [7, 11) is 1.68. The van der Waals surface area contributed by atoms with Gasteiger partial charge in [-0.3, -0.25) is 0 Å². The van der Waals surface area contributed by atoms with Crippen LogP contribution in [-0.2, 0) is 0 Å². The minimum Gasteiger partial charge on any atom is -0.494 e. The lowest BCUT2D eigenvalue weighted by molar-refractivity contribution is 0.412. The van der Waals surface area contributed by atoms with Crippen LogP contribution in [0.5, 0.6) is 5.75 Å². The van der Waals surface area contributed by atoms with Crippen LogP contribution < -0.4 is 4.74 Å². The number of ether oxygens (including phenoxy) is 1. The normalized spacial score (nSPS) is 11.1. The van der Waals surface area contributed by atoms with Gasteiger partial charge in [-0.25, -0.2) is 0 Å². The molecule has 0 spiro atoms. The number of benzene rings is 4. The number of rotatable bonds is 4. The quantitative estimate of drug-likeness (QED) is 0.320. The predicted molar refractivity (Wildman–Crippen MR) is 126 cm³/mol. The number of aryl methyl sites for hydroxylation is 1. The van der Waals surface area contributed by atoms with Gasteiger partial charge in [0.1, 0.15) is 16.7 Å². The fraction of sp³-hybridized carbons (Fsp3) is 0.0769. The highest BCUT2D eigenvalue weighted by Gasteiger charge is 2.18. The Kier molecular flexibility index (Phi) is 4.92. The van der Waals surface area contributed by atoms with Gasteiger partial charge in [0.2, 0.25) is 0 Å². The van der Waals surface area contributed by atoms with Crippen molar-refractivity contribution in [2.45, 2.75) is 6.92 Å². The first-order valence-corrected chi connectivity index (χ1v) is 10.4. The molecule has 0 saturated heterocycles. The lowest BCUT2D eigenvalue weighted by Crippen LogP contribution is -2.04. The summed E-state index contributed by atoms with van der Waals surface area (Å²) < 4.78 is 5.92. The molecule has 0 radical (unpaired) electrons. The van der Waals surface area contributed by atoms with E-state index in [0.717, 1.165) is 50.3 Å². The zero-order valence-electron chi connectivity index (χ0n) is 17.2. The van der Waals surface area contributed by atoms with E-state index in [0.29, 0.717) is 5.02 Å². The van der Waals surface area contributed by atoms with Gasteiger partial charge in [0.25, 0.3) is 0 Å². The average Bonchev–Trinajstić information content (AvgIpc) is 3.22. The van der Waals surface area contributed by atoms with Crippen LogP contribution in [0, 0.1) is 6.92 Å². The molecule has 5 heteroatoms. The van der Waals surface area contributed by atoms with Gasteiger partial charge < -0.3 is 4.74 Å². The Hall–Kier alpha value is -3.63. The number of hydrogen-bond donors (Lipinski definition) is 0. The molecule has 0 aliphatic carbocycles. The Labute approximate surface area is 185 Å². The first-order valence-electron chi connectivity index (χ1n) is 10.0. The van der Waals surface area contributed by atoms with Crippen LogP contribution in [-0.4, -0.2) is 22.1 Å². The third kappa shape index (κ3) is 3.56. The molecule has 0 aliphatic heterocycles. The molecule has 0 saturated carbocycles. The summed E-state index contributed by atoms with van der Waals surface area (Å²) in [5.74, 6) is 0.723. The van der Waals surface area contributed by atoms with Crippen molar-refractivity contribution in [2.24, 2.45) is 0 Å². The van der Waals surface area contributed by atoms with E-state index in [-0.39, 0.29) is 0 Å². The van der Waals surface area contributed by atoms with E-state index >= 15 is 0 Å². The average molecular weight is 426 g/mol. The van der Waals surface area contributed by atoms with Crippen molar-refractivity contribution in [1.29, 1.82) is 0 Å². The van der Waals surface area contributed by atoms with Crippen molar-refractivity contribution in [2.75, 3.05) is 7.11 Å². The lowest BCUT2D eigenvalue weighted by Gasteiger charge is -2.17. The number of hydrogen-bond acceptors (Lipinski definition) is 3.